The summed E-state index contributed by atoms with van der Waals surface area (Å²) in [5.74, 6) is 0.157. The number of methoxy groups -OCH3 is 1. The summed E-state index contributed by atoms with van der Waals surface area (Å²) >= 11 is 6.00. The van der Waals surface area contributed by atoms with E-state index in [9.17, 15) is 4.79 Å². The maximum atomic E-state index is 11.3. The van der Waals surface area contributed by atoms with Crippen molar-refractivity contribution in [2.24, 2.45) is 0 Å². The fourth-order valence-corrected chi connectivity index (χ4v) is 1.57. The van der Waals surface area contributed by atoms with E-state index in [2.05, 4.69) is 20.3 Å². The Labute approximate surface area is 96.0 Å². The Kier molecular flexibility index (Phi) is 2.66. The Morgan fingerprint density at radius 3 is 3.00 bits per heavy atom. The van der Waals surface area contributed by atoms with Crippen molar-refractivity contribution in [1.29, 1.82) is 0 Å². The van der Waals surface area contributed by atoms with Gasteiger partial charge in [-0.25, -0.2) is 9.97 Å². The first-order chi connectivity index (χ1) is 7.67. The van der Waals surface area contributed by atoms with Gasteiger partial charge in [0.05, 0.1) is 18.8 Å². The quantitative estimate of drug-likeness (QED) is 0.820. The monoisotopic (exact) mass is 240 g/mol. The third-order valence-corrected chi connectivity index (χ3v) is 2.41. The number of H-pyrrole nitrogens is 1. The van der Waals surface area contributed by atoms with Crippen LogP contribution in [0.2, 0.25) is 5.02 Å². The number of imidazole rings is 1. The van der Waals surface area contributed by atoms with E-state index in [-0.39, 0.29) is 22.6 Å². The van der Waals surface area contributed by atoms with Gasteiger partial charge in [0.15, 0.2) is 5.82 Å². The van der Waals surface area contributed by atoms with Gasteiger partial charge in [-0.3, -0.25) is 4.79 Å². The summed E-state index contributed by atoms with van der Waals surface area (Å²) < 4.78 is 4.95. The number of ether oxygens (including phenoxy) is 1. The molecule has 0 aliphatic heterocycles. The van der Waals surface area contributed by atoms with Crippen molar-refractivity contribution in [1.82, 2.24) is 20.3 Å². The molecule has 84 valence electrons. The first-order valence-electron chi connectivity index (χ1n) is 4.47. The molecule has 0 saturated heterocycles. The number of hydrogen-bond acceptors (Lipinski definition) is 4. The zero-order valence-electron chi connectivity index (χ0n) is 8.67. The van der Waals surface area contributed by atoms with Crippen molar-refractivity contribution in [3.63, 3.8) is 0 Å². The molecule has 0 bridgehead atoms. The summed E-state index contributed by atoms with van der Waals surface area (Å²) in [5, 5.41) is 2.75. The Balaban J connectivity index is 2.62. The highest BCUT2D eigenvalue weighted by Crippen LogP contribution is 2.28. The van der Waals surface area contributed by atoms with Crippen molar-refractivity contribution >= 4 is 28.5 Å². The number of halogens is 1. The number of aromatic nitrogens is 3. The Morgan fingerprint density at radius 1 is 1.62 bits per heavy atom. The van der Waals surface area contributed by atoms with Crippen LogP contribution in [0.5, 0.6) is 5.88 Å². The van der Waals surface area contributed by atoms with Crippen molar-refractivity contribution in [2.45, 2.75) is 0 Å². The van der Waals surface area contributed by atoms with Gasteiger partial charge in [-0.2, -0.15) is 0 Å². The van der Waals surface area contributed by atoms with E-state index in [1.165, 1.54) is 20.4 Å². The molecule has 0 atom stereocenters. The molecule has 2 N–H and O–H groups in total. The SMILES string of the molecule is CNC(=O)c1nc2c(Cl)c(OC)ncc2[nH]1. The minimum absolute atomic E-state index is 0.189. The lowest BCUT2D eigenvalue weighted by atomic mass is 10.4. The smallest absolute Gasteiger partial charge is 0.286 e. The predicted molar refractivity (Wildman–Crippen MR) is 58.8 cm³/mol. The van der Waals surface area contributed by atoms with Crippen LogP contribution in [0.25, 0.3) is 11.0 Å². The second-order valence-corrected chi connectivity index (χ2v) is 3.39. The number of fused-ring (bicyclic) bond motifs is 1. The normalized spacial score (nSPS) is 10.4. The highest BCUT2D eigenvalue weighted by molar-refractivity contribution is 6.36. The van der Waals surface area contributed by atoms with Gasteiger partial charge in [0.25, 0.3) is 5.91 Å². The van der Waals surface area contributed by atoms with Crippen LogP contribution in [0.3, 0.4) is 0 Å². The zero-order chi connectivity index (χ0) is 11.7. The molecule has 2 rings (SSSR count). The summed E-state index contributed by atoms with van der Waals surface area (Å²) in [6, 6.07) is 0. The van der Waals surface area contributed by atoms with E-state index in [0.717, 1.165) is 0 Å². The molecule has 0 radical (unpaired) electrons. The molecule has 2 aromatic heterocycles. The first-order valence-corrected chi connectivity index (χ1v) is 4.85. The molecule has 0 aliphatic rings. The van der Waals surface area contributed by atoms with Gasteiger partial charge in [-0.05, 0) is 0 Å². The summed E-state index contributed by atoms with van der Waals surface area (Å²) in [6.07, 6.45) is 1.51. The molecule has 16 heavy (non-hydrogen) atoms. The standard InChI is InChI=1S/C9H9ClN4O2/c1-11-8(15)7-13-4-3-12-9(16-2)5(10)6(4)14-7/h3H,1-2H3,(H,11,15)(H,13,14). The number of nitrogens with one attached hydrogen (secondary N) is 2. The second kappa shape index (κ2) is 3.97. The number of aromatic amines is 1. The van der Waals surface area contributed by atoms with Crippen LogP contribution in [-0.2, 0) is 0 Å². The molecule has 0 unspecified atom stereocenters. The molecule has 0 spiro atoms. The van der Waals surface area contributed by atoms with Gasteiger partial charge in [0.2, 0.25) is 5.88 Å². The lowest BCUT2D eigenvalue weighted by Gasteiger charge is -1.99. The lowest BCUT2D eigenvalue weighted by Crippen LogP contribution is -2.19. The number of pyridine rings is 1. The van der Waals surface area contributed by atoms with E-state index in [4.69, 9.17) is 16.3 Å². The van der Waals surface area contributed by atoms with Crippen LogP contribution >= 0.6 is 11.6 Å². The maximum absolute atomic E-state index is 11.3. The molecular formula is C9H9ClN4O2. The van der Waals surface area contributed by atoms with Gasteiger partial charge in [-0.1, -0.05) is 11.6 Å². The van der Waals surface area contributed by atoms with Crippen molar-refractivity contribution < 1.29 is 9.53 Å². The van der Waals surface area contributed by atoms with E-state index >= 15 is 0 Å². The van der Waals surface area contributed by atoms with Crippen LogP contribution < -0.4 is 10.1 Å². The topological polar surface area (TPSA) is 79.9 Å². The fraction of sp³-hybridized carbons (Fsp3) is 0.222. The van der Waals surface area contributed by atoms with Crippen molar-refractivity contribution in [3.8, 4) is 5.88 Å². The van der Waals surface area contributed by atoms with Crippen LogP contribution in [-0.4, -0.2) is 35.0 Å². The third-order valence-electron chi connectivity index (χ3n) is 2.07. The number of amides is 1. The van der Waals surface area contributed by atoms with E-state index in [0.29, 0.717) is 11.0 Å². The van der Waals surface area contributed by atoms with Gasteiger partial charge in [0, 0.05) is 7.05 Å². The van der Waals surface area contributed by atoms with Crippen molar-refractivity contribution in [2.75, 3.05) is 14.2 Å². The van der Waals surface area contributed by atoms with E-state index in [1.807, 2.05) is 0 Å². The molecule has 0 saturated carbocycles. The van der Waals surface area contributed by atoms with Crippen LogP contribution in [0.1, 0.15) is 10.6 Å². The minimum Gasteiger partial charge on any atom is -0.480 e. The highest BCUT2D eigenvalue weighted by Gasteiger charge is 2.15. The largest absolute Gasteiger partial charge is 0.480 e. The molecule has 1 amide bonds. The molecule has 0 fully saturated rings. The lowest BCUT2D eigenvalue weighted by molar-refractivity contribution is 0.0954. The van der Waals surface area contributed by atoms with Crippen LogP contribution in [0, 0.1) is 0 Å². The average Bonchev–Trinajstić information content (AvgIpc) is 2.73. The molecule has 0 aromatic carbocycles. The van der Waals surface area contributed by atoms with Crippen molar-refractivity contribution in [3.05, 3.63) is 17.0 Å². The highest BCUT2D eigenvalue weighted by atomic mass is 35.5. The van der Waals surface area contributed by atoms with Gasteiger partial charge < -0.3 is 15.0 Å². The summed E-state index contributed by atoms with van der Waals surface area (Å²) in [5.41, 5.74) is 1.05. The van der Waals surface area contributed by atoms with E-state index in [1.54, 1.807) is 0 Å². The number of carbonyl (C=O) groups is 1. The summed E-state index contributed by atoms with van der Waals surface area (Å²) in [6.45, 7) is 0. The molecule has 7 heteroatoms. The number of carbonyl (C=O) groups excluding carboxylic acids is 1. The van der Waals surface area contributed by atoms with Crippen LogP contribution in [0.4, 0.5) is 0 Å². The summed E-state index contributed by atoms with van der Waals surface area (Å²) in [4.78, 5) is 22.2. The molecule has 2 aromatic rings. The van der Waals surface area contributed by atoms with Gasteiger partial charge in [0.1, 0.15) is 10.5 Å². The van der Waals surface area contributed by atoms with Crippen LogP contribution in [0.15, 0.2) is 6.20 Å². The minimum atomic E-state index is -0.314. The van der Waals surface area contributed by atoms with Gasteiger partial charge in [-0.15, -0.1) is 0 Å². The number of hydrogen-bond donors (Lipinski definition) is 2. The Bertz CT molecular complexity index is 552. The first kappa shape index (κ1) is 10.7. The molecular weight excluding hydrogens is 232 g/mol. The molecule has 2 heterocycles. The van der Waals surface area contributed by atoms with E-state index < -0.39 is 0 Å². The summed E-state index contributed by atoms with van der Waals surface area (Å²) in [7, 11) is 2.99. The predicted octanol–water partition coefficient (Wildman–Crippen LogP) is 0.980. The number of rotatable bonds is 2. The fourth-order valence-electron chi connectivity index (χ4n) is 1.30. The molecule has 0 aliphatic carbocycles. The molecule has 6 nitrogen and oxygen atoms in total. The Hall–Kier alpha value is -1.82. The Morgan fingerprint density at radius 2 is 2.38 bits per heavy atom. The second-order valence-electron chi connectivity index (χ2n) is 3.01. The zero-order valence-corrected chi connectivity index (χ0v) is 9.42. The van der Waals surface area contributed by atoms with Gasteiger partial charge >= 0.3 is 0 Å². The maximum Gasteiger partial charge on any atom is 0.286 e. The number of nitrogens with zero attached hydrogens (tertiary/aromatic N) is 2. The third kappa shape index (κ3) is 1.57. The average molecular weight is 241 g/mol.